The Bertz CT molecular complexity index is 723. The molecule has 1 aromatic carbocycles. The number of carboxylic acid groups (broad SMARTS) is 1. The molecule has 0 saturated heterocycles. The van der Waals surface area contributed by atoms with Crippen molar-refractivity contribution in [3.05, 3.63) is 41.6 Å². The zero-order valence-corrected chi connectivity index (χ0v) is 14.7. The summed E-state index contributed by atoms with van der Waals surface area (Å²) in [6.45, 7) is 1.97. The number of rotatable bonds is 8. The average Bonchev–Trinajstić information content (AvgIpc) is 2.61. The maximum absolute atomic E-state index is 11.0. The summed E-state index contributed by atoms with van der Waals surface area (Å²) in [6.07, 6.45) is 0.593. The van der Waals surface area contributed by atoms with Crippen LogP contribution in [0.2, 0.25) is 0 Å². The molecule has 0 radical (unpaired) electrons. The Morgan fingerprint density at radius 2 is 1.80 bits per heavy atom. The topological polar surface area (TPSA) is 89.9 Å². The second kappa shape index (κ2) is 8.23. The SMILES string of the molecule is COc1cc(OC)c(CC(C)Nc2cccc(C(=O)O)n2)c(OC)c1. The minimum absolute atomic E-state index is 0.00296. The highest BCUT2D eigenvalue weighted by molar-refractivity contribution is 5.85. The highest BCUT2D eigenvalue weighted by Crippen LogP contribution is 2.35. The van der Waals surface area contributed by atoms with Gasteiger partial charge in [0, 0.05) is 23.7 Å². The first-order valence-corrected chi connectivity index (χ1v) is 7.74. The molecule has 0 saturated carbocycles. The van der Waals surface area contributed by atoms with E-state index in [2.05, 4.69) is 10.3 Å². The van der Waals surface area contributed by atoms with E-state index in [-0.39, 0.29) is 11.7 Å². The lowest BCUT2D eigenvalue weighted by Crippen LogP contribution is -2.20. The number of carbonyl (C=O) groups is 1. The molecule has 0 bridgehead atoms. The number of hydrogen-bond donors (Lipinski definition) is 2. The van der Waals surface area contributed by atoms with Crippen molar-refractivity contribution in [2.75, 3.05) is 26.6 Å². The lowest BCUT2D eigenvalue weighted by molar-refractivity contribution is 0.0690. The molecule has 2 rings (SSSR count). The third kappa shape index (κ3) is 4.53. The van der Waals surface area contributed by atoms with E-state index in [4.69, 9.17) is 19.3 Å². The van der Waals surface area contributed by atoms with Gasteiger partial charge in [0.15, 0.2) is 5.69 Å². The summed E-state index contributed by atoms with van der Waals surface area (Å²) in [5, 5.41) is 12.2. The van der Waals surface area contributed by atoms with Crippen LogP contribution in [0, 0.1) is 0 Å². The summed E-state index contributed by atoms with van der Waals surface area (Å²) >= 11 is 0. The largest absolute Gasteiger partial charge is 0.496 e. The zero-order chi connectivity index (χ0) is 18.4. The number of aromatic nitrogens is 1. The van der Waals surface area contributed by atoms with E-state index >= 15 is 0 Å². The standard InChI is InChI=1S/C18H22N2O5/c1-11(19-17-7-5-6-14(20-17)18(21)22)8-13-15(24-3)9-12(23-2)10-16(13)25-4/h5-7,9-11H,8H2,1-4H3,(H,19,20)(H,21,22). The summed E-state index contributed by atoms with van der Waals surface area (Å²) in [6, 6.07) is 8.40. The molecule has 0 spiro atoms. The van der Waals surface area contributed by atoms with Gasteiger partial charge in [-0.25, -0.2) is 9.78 Å². The average molecular weight is 346 g/mol. The van der Waals surface area contributed by atoms with E-state index in [1.54, 1.807) is 45.6 Å². The van der Waals surface area contributed by atoms with E-state index in [1.165, 1.54) is 6.07 Å². The molecule has 2 N–H and O–H groups in total. The second-order valence-corrected chi connectivity index (χ2v) is 5.47. The van der Waals surface area contributed by atoms with Crippen LogP contribution in [0.4, 0.5) is 5.82 Å². The van der Waals surface area contributed by atoms with Crippen molar-refractivity contribution in [1.82, 2.24) is 4.98 Å². The minimum Gasteiger partial charge on any atom is -0.496 e. The van der Waals surface area contributed by atoms with Crippen LogP contribution in [0.1, 0.15) is 23.0 Å². The monoisotopic (exact) mass is 346 g/mol. The second-order valence-electron chi connectivity index (χ2n) is 5.47. The number of nitrogens with one attached hydrogen (secondary N) is 1. The van der Waals surface area contributed by atoms with E-state index in [0.717, 1.165) is 5.56 Å². The van der Waals surface area contributed by atoms with Crippen LogP contribution in [0.15, 0.2) is 30.3 Å². The Balaban J connectivity index is 2.21. The van der Waals surface area contributed by atoms with Gasteiger partial charge in [0.1, 0.15) is 23.1 Å². The first kappa shape index (κ1) is 18.4. The maximum Gasteiger partial charge on any atom is 0.354 e. The fraction of sp³-hybridized carbons (Fsp3) is 0.333. The molecule has 1 aromatic heterocycles. The van der Waals surface area contributed by atoms with Crippen LogP contribution in [0.3, 0.4) is 0 Å². The molecule has 0 aliphatic carbocycles. The smallest absolute Gasteiger partial charge is 0.354 e. The third-order valence-electron chi connectivity index (χ3n) is 3.69. The Morgan fingerprint density at radius 3 is 2.32 bits per heavy atom. The van der Waals surface area contributed by atoms with Crippen molar-refractivity contribution in [1.29, 1.82) is 0 Å². The van der Waals surface area contributed by atoms with Crippen molar-refractivity contribution in [3.8, 4) is 17.2 Å². The molecule has 1 heterocycles. The maximum atomic E-state index is 11.0. The predicted molar refractivity (Wildman–Crippen MR) is 94.1 cm³/mol. The van der Waals surface area contributed by atoms with Gasteiger partial charge in [-0.15, -0.1) is 0 Å². The minimum atomic E-state index is -1.06. The molecule has 0 aliphatic heterocycles. The Labute approximate surface area is 146 Å². The molecule has 134 valence electrons. The normalized spacial score (nSPS) is 11.5. The number of aromatic carboxylic acids is 1. The van der Waals surface area contributed by atoms with E-state index < -0.39 is 5.97 Å². The number of hydrogen-bond acceptors (Lipinski definition) is 6. The first-order chi connectivity index (χ1) is 12.0. The lowest BCUT2D eigenvalue weighted by atomic mass is 10.0. The van der Waals surface area contributed by atoms with Gasteiger partial charge in [0.2, 0.25) is 0 Å². The predicted octanol–water partition coefficient (Wildman–Crippen LogP) is 2.85. The van der Waals surface area contributed by atoms with Gasteiger partial charge in [0.25, 0.3) is 0 Å². The molecular formula is C18H22N2O5. The molecule has 0 amide bonds. The van der Waals surface area contributed by atoms with Gasteiger partial charge in [-0.3, -0.25) is 0 Å². The molecule has 1 unspecified atom stereocenters. The summed E-state index contributed by atoms with van der Waals surface area (Å²) in [4.78, 5) is 15.1. The zero-order valence-electron chi connectivity index (χ0n) is 14.7. The number of anilines is 1. The Kier molecular flexibility index (Phi) is 6.05. The van der Waals surface area contributed by atoms with Gasteiger partial charge in [0.05, 0.1) is 21.3 Å². The van der Waals surface area contributed by atoms with Crippen LogP contribution in [-0.4, -0.2) is 43.4 Å². The van der Waals surface area contributed by atoms with Crippen molar-refractivity contribution in [2.45, 2.75) is 19.4 Å². The van der Waals surface area contributed by atoms with Crippen LogP contribution in [-0.2, 0) is 6.42 Å². The fourth-order valence-electron chi connectivity index (χ4n) is 2.52. The summed E-state index contributed by atoms with van der Waals surface area (Å²) in [5.74, 6) is 1.41. The quantitative estimate of drug-likeness (QED) is 0.759. The van der Waals surface area contributed by atoms with E-state index in [9.17, 15) is 4.79 Å². The number of pyridine rings is 1. The van der Waals surface area contributed by atoms with Crippen molar-refractivity contribution < 1.29 is 24.1 Å². The number of benzene rings is 1. The molecule has 7 nitrogen and oxygen atoms in total. The fourth-order valence-corrected chi connectivity index (χ4v) is 2.52. The highest BCUT2D eigenvalue weighted by Gasteiger charge is 2.17. The molecule has 0 aliphatic rings. The van der Waals surface area contributed by atoms with Crippen LogP contribution >= 0.6 is 0 Å². The highest BCUT2D eigenvalue weighted by atomic mass is 16.5. The van der Waals surface area contributed by atoms with Crippen LogP contribution in [0.25, 0.3) is 0 Å². The molecule has 25 heavy (non-hydrogen) atoms. The van der Waals surface area contributed by atoms with Gasteiger partial charge < -0.3 is 24.6 Å². The van der Waals surface area contributed by atoms with Crippen LogP contribution in [0.5, 0.6) is 17.2 Å². The number of methoxy groups -OCH3 is 3. The lowest BCUT2D eigenvalue weighted by Gasteiger charge is -2.19. The molecule has 1 atom stereocenters. The van der Waals surface area contributed by atoms with Crippen molar-refractivity contribution in [2.24, 2.45) is 0 Å². The molecule has 0 fully saturated rings. The molecular weight excluding hydrogens is 324 g/mol. The van der Waals surface area contributed by atoms with Gasteiger partial charge in [-0.05, 0) is 25.5 Å². The van der Waals surface area contributed by atoms with Crippen molar-refractivity contribution in [3.63, 3.8) is 0 Å². The summed E-state index contributed by atoms with van der Waals surface area (Å²) in [5.41, 5.74) is 0.886. The Hall–Kier alpha value is -2.96. The van der Waals surface area contributed by atoms with Gasteiger partial charge >= 0.3 is 5.97 Å². The summed E-state index contributed by atoms with van der Waals surface area (Å²) < 4.78 is 16.2. The van der Waals surface area contributed by atoms with E-state index in [0.29, 0.717) is 29.5 Å². The first-order valence-electron chi connectivity index (χ1n) is 7.74. The molecule has 7 heteroatoms. The Morgan fingerprint density at radius 1 is 1.16 bits per heavy atom. The van der Waals surface area contributed by atoms with Crippen LogP contribution < -0.4 is 19.5 Å². The molecule has 2 aromatic rings. The number of nitrogens with zero attached hydrogens (tertiary/aromatic N) is 1. The van der Waals surface area contributed by atoms with Crippen molar-refractivity contribution >= 4 is 11.8 Å². The number of carboxylic acids is 1. The van der Waals surface area contributed by atoms with Gasteiger partial charge in [-0.1, -0.05) is 6.07 Å². The summed E-state index contributed by atoms with van der Waals surface area (Å²) in [7, 11) is 4.76. The third-order valence-corrected chi connectivity index (χ3v) is 3.69. The van der Waals surface area contributed by atoms with E-state index in [1.807, 2.05) is 6.92 Å². The number of ether oxygens (including phenoxy) is 3. The van der Waals surface area contributed by atoms with Gasteiger partial charge in [-0.2, -0.15) is 0 Å².